The largest absolute Gasteiger partial charge is 0.363 e. The molecule has 2 aromatic heterocycles. The van der Waals surface area contributed by atoms with Crippen LogP contribution in [0.25, 0.3) is 11.2 Å². The van der Waals surface area contributed by atoms with Gasteiger partial charge in [-0.1, -0.05) is 30.3 Å². The number of nitrogens with one attached hydrogen (secondary N) is 1. The van der Waals surface area contributed by atoms with E-state index in [2.05, 4.69) is 46.4 Å². The van der Waals surface area contributed by atoms with Gasteiger partial charge in [-0.2, -0.15) is 0 Å². The summed E-state index contributed by atoms with van der Waals surface area (Å²) in [7, 11) is 3.99. The summed E-state index contributed by atoms with van der Waals surface area (Å²) in [5.41, 5.74) is 3.23. The second-order valence-corrected chi connectivity index (χ2v) is 5.97. The smallest absolute Gasteiger partial charge is 0.179 e. The molecule has 106 valence electrons. The fraction of sp³-hybridized carbons (Fsp3) is 0.294. The zero-order valence-electron chi connectivity index (χ0n) is 12.3. The lowest BCUT2D eigenvalue weighted by atomic mass is 9.95. The van der Waals surface area contributed by atoms with Crippen LogP contribution < -0.4 is 4.90 Å². The minimum atomic E-state index is 0.0697. The number of imidazole rings is 1. The van der Waals surface area contributed by atoms with Crippen molar-refractivity contribution < 1.29 is 0 Å². The van der Waals surface area contributed by atoms with Crippen LogP contribution in [0.2, 0.25) is 0 Å². The number of anilines is 1. The van der Waals surface area contributed by atoms with E-state index in [9.17, 15) is 0 Å². The van der Waals surface area contributed by atoms with E-state index in [1.54, 1.807) is 0 Å². The van der Waals surface area contributed by atoms with Gasteiger partial charge in [0.2, 0.25) is 0 Å². The Bertz CT molecular complexity index is 785. The first-order valence-electron chi connectivity index (χ1n) is 7.29. The molecule has 0 saturated heterocycles. The summed E-state index contributed by atoms with van der Waals surface area (Å²) < 4.78 is 0. The first-order chi connectivity index (χ1) is 10.2. The molecule has 0 unspecified atom stereocenters. The Morgan fingerprint density at radius 3 is 2.43 bits per heavy atom. The monoisotopic (exact) mass is 278 g/mol. The van der Waals surface area contributed by atoms with Crippen LogP contribution >= 0.6 is 0 Å². The van der Waals surface area contributed by atoms with Gasteiger partial charge in [-0.25, -0.2) is 9.97 Å². The Morgan fingerprint density at radius 2 is 1.76 bits per heavy atom. The number of hydrogen-bond acceptors (Lipinski definition) is 3. The Labute approximate surface area is 123 Å². The van der Waals surface area contributed by atoms with Gasteiger partial charge < -0.3 is 9.88 Å². The first kappa shape index (κ1) is 12.4. The van der Waals surface area contributed by atoms with Crippen LogP contribution in [-0.4, -0.2) is 29.0 Å². The van der Waals surface area contributed by atoms with Gasteiger partial charge in [0.05, 0.1) is 10.9 Å². The van der Waals surface area contributed by atoms with E-state index in [-0.39, 0.29) is 5.41 Å². The van der Waals surface area contributed by atoms with Crippen LogP contribution in [0.1, 0.15) is 24.2 Å². The predicted molar refractivity (Wildman–Crippen MR) is 84.7 cm³/mol. The summed E-state index contributed by atoms with van der Waals surface area (Å²) in [6, 6.07) is 14.7. The molecule has 4 heteroatoms. The van der Waals surface area contributed by atoms with E-state index in [1.165, 1.54) is 5.56 Å². The highest BCUT2D eigenvalue weighted by atomic mass is 15.2. The van der Waals surface area contributed by atoms with Gasteiger partial charge in [0.15, 0.2) is 5.65 Å². The quantitative estimate of drug-likeness (QED) is 0.800. The molecule has 4 rings (SSSR count). The van der Waals surface area contributed by atoms with E-state index >= 15 is 0 Å². The average Bonchev–Trinajstić information content (AvgIpc) is 3.21. The lowest BCUT2D eigenvalue weighted by Gasteiger charge is -2.12. The third-order valence-corrected chi connectivity index (χ3v) is 4.32. The summed E-state index contributed by atoms with van der Waals surface area (Å²) in [6.45, 7) is 0. The highest BCUT2D eigenvalue weighted by Gasteiger charge is 2.48. The maximum Gasteiger partial charge on any atom is 0.179 e. The predicted octanol–water partition coefficient (Wildman–Crippen LogP) is 3.10. The van der Waals surface area contributed by atoms with Crippen molar-refractivity contribution in [2.75, 3.05) is 19.0 Å². The third-order valence-electron chi connectivity index (χ3n) is 4.32. The van der Waals surface area contributed by atoms with Crippen LogP contribution in [0.15, 0.2) is 42.5 Å². The summed E-state index contributed by atoms with van der Waals surface area (Å²) in [6.07, 6.45) is 2.30. The normalized spacial score (nSPS) is 16.1. The van der Waals surface area contributed by atoms with Crippen molar-refractivity contribution in [2.45, 2.75) is 18.3 Å². The van der Waals surface area contributed by atoms with Gasteiger partial charge in [0.1, 0.15) is 11.6 Å². The summed E-state index contributed by atoms with van der Waals surface area (Å²) in [5, 5.41) is 0. The topological polar surface area (TPSA) is 44.8 Å². The Kier molecular flexibility index (Phi) is 2.55. The van der Waals surface area contributed by atoms with Crippen molar-refractivity contribution >= 4 is 17.0 Å². The molecule has 0 radical (unpaired) electrons. The fourth-order valence-electron chi connectivity index (χ4n) is 2.90. The molecule has 2 heterocycles. The number of H-pyrrole nitrogens is 1. The Morgan fingerprint density at radius 1 is 1.00 bits per heavy atom. The molecule has 0 aliphatic heterocycles. The Balaban J connectivity index is 1.81. The number of pyridine rings is 1. The summed E-state index contributed by atoms with van der Waals surface area (Å²) in [4.78, 5) is 14.9. The van der Waals surface area contributed by atoms with E-state index in [4.69, 9.17) is 4.98 Å². The standard InChI is InChI=1S/C17H18N4/c1-21(2)14-9-8-13-15(19-14)20-16(18-13)17(10-11-17)12-6-4-3-5-7-12/h3-9H,10-11H2,1-2H3,(H,18,19,20). The van der Waals surface area contributed by atoms with Gasteiger partial charge in [-0.05, 0) is 30.5 Å². The van der Waals surface area contributed by atoms with Crippen LogP contribution in [0, 0.1) is 0 Å². The minimum Gasteiger partial charge on any atom is -0.363 e. The molecule has 1 N–H and O–H groups in total. The number of rotatable bonds is 3. The van der Waals surface area contributed by atoms with E-state index in [1.807, 2.05) is 25.1 Å². The maximum absolute atomic E-state index is 4.77. The van der Waals surface area contributed by atoms with Crippen molar-refractivity contribution in [1.82, 2.24) is 15.0 Å². The van der Waals surface area contributed by atoms with Gasteiger partial charge >= 0.3 is 0 Å². The number of hydrogen-bond donors (Lipinski definition) is 1. The molecule has 0 spiro atoms. The number of aromatic amines is 1. The van der Waals surface area contributed by atoms with Crippen LogP contribution in [0.3, 0.4) is 0 Å². The van der Waals surface area contributed by atoms with Gasteiger partial charge in [0, 0.05) is 14.1 Å². The molecule has 1 saturated carbocycles. The number of aromatic nitrogens is 3. The van der Waals surface area contributed by atoms with Crippen molar-refractivity contribution in [1.29, 1.82) is 0 Å². The van der Waals surface area contributed by atoms with E-state index in [0.717, 1.165) is 35.6 Å². The van der Waals surface area contributed by atoms with Crippen LogP contribution in [0.4, 0.5) is 5.82 Å². The molecule has 0 amide bonds. The molecule has 0 bridgehead atoms. The Hall–Kier alpha value is -2.36. The third kappa shape index (κ3) is 1.90. The van der Waals surface area contributed by atoms with Crippen molar-refractivity contribution in [2.24, 2.45) is 0 Å². The fourth-order valence-corrected chi connectivity index (χ4v) is 2.90. The molecule has 3 aromatic rings. The van der Waals surface area contributed by atoms with Crippen LogP contribution in [-0.2, 0) is 5.41 Å². The van der Waals surface area contributed by atoms with Crippen LogP contribution in [0.5, 0.6) is 0 Å². The molecule has 1 aliphatic carbocycles. The number of fused-ring (bicyclic) bond motifs is 1. The zero-order valence-corrected chi connectivity index (χ0v) is 12.3. The lowest BCUT2D eigenvalue weighted by Crippen LogP contribution is -2.10. The highest BCUT2D eigenvalue weighted by Crippen LogP contribution is 2.52. The van der Waals surface area contributed by atoms with Gasteiger partial charge in [-0.3, -0.25) is 0 Å². The molecular formula is C17H18N4. The first-order valence-corrected chi connectivity index (χ1v) is 7.29. The minimum absolute atomic E-state index is 0.0697. The molecular weight excluding hydrogens is 260 g/mol. The zero-order chi connectivity index (χ0) is 14.4. The molecule has 1 aromatic carbocycles. The molecule has 1 fully saturated rings. The molecule has 21 heavy (non-hydrogen) atoms. The second-order valence-electron chi connectivity index (χ2n) is 5.97. The number of nitrogens with zero attached hydrogens (tertiary/aromatic N) is 3. The lowest BCUT2D eigenvalue weighted by molar-refractivity contribution is 0.778. The maximum atomic E-state index is 4.77. The summed E-state index contributed by atoms with van der Waals surface area (Å²) >= 11 is 0. The van der Waals surface area contributed by atoms with E-state index < -0.39 is 0 Å². The molecule has 0 atom stereocenters. The highest BCUT2D eigenvalue weighted by molar-refractivity contribution is 5.73. The van der Waals surface area contributed by atoms with E-state index in [0.29, 0.717) is 0 Å². The van der Waals surface area contributed by atoms with Crippen molar-refractivity contribution in [3.63, 3.8) is 0 Å². The summed E-state index contributed by atoms with van der Waals surface area (Å²) in [5.74, 6) is 1.98. The average molecular weight is 278 g/mol. The SMILES string of the molecule is CN(C)c1ccc2[nH]c(C3(c4ccccc4)CC3)nc2n1. The van der Waals surface area contributed by atoms with Crippen molar-refractivity contribution in [3.05, 3.63) is 53.9 Å². The van der Waals surface area contributed by atoms with Gasteiger partial charge in [0.25, 0.3) is 0 Å². The second kappa shape index (κ2) is 4.32. The van der Waals surface area contributed by atoms with Crippen molar-refractivity contribution in [3.8, 4) is 0 Å². The molecule has 1 aliphatic rings. The molecule has 4 nitrogen and oxygen atoms in total. The number of benzene rings is 1. The van der Waals surface area contributed by atoms with Gasteiger partial charge in [-0.15, -0.1) is 0 Å².